The minimum Gasteiger partial charge on any atom is -0.390 e. The Morgan fingerprint density at radius 1 is 0.795 bits per heavy atom. The van der Waals surface area contributed by atoms with Crippen molar-refractivity contribution in [1.82, 2.24) is 20.7 Å². The Morgan fingerprint density at radius 3 is 1.98 bits per heavy atom. The summed E-state index contributed by atoms with van der Waals surface area (Å²) in [7, 11) is 0. The molecule has 250 valence electrons. The van der Waals surface area contributed by atoms with E-state index in [9.17, 15) is 19.5 Å². The normalized spacial score (nSPS) is 24.7. The topological polar surface area (TPSA) is 102 Å². The van der Waals surface area contributed by atoms with Gasteiger partial charge in [-0.2, -0.15) is 0 Å². The van der Waals surface area contributed by atoms with E-state index < -0.39 is 12.1 Å². The number of aliphatic hydroxyl groups is 1. The monoisotopic (exact) mass is 614 g/mol. The van der Waals surface area contributed by atoms with Gasteiger partial charge in [-0.25, -0.2) is 5.01 Å². The second kappa shape index (κ2) is 19.4. The molecule has 3 aliphatic rings. The lowest BCUT2D eigenvalue weighted by Gasteiger charge is -2.37. The number of terminal acetylenes is 1. The molecule has 0 saturated heterocycles. The Morgan fingerprint density at radius 2 is 1.39 bits per heavy atom. The summed E-state index contributed by atoms with van der Waals surface area (Å²) in [5.74, 6) is 2.69. The molecule has 44 heavy (non-hydrogen) atoms. The van der Waals surface area contributed by atoms with Gasteiger partial charge in [0.1, 0.15) is 0 Å². The van der Waals surface area contributed by atoms with Crippen molar-refractivity contribution in [1.29, 1.82) is 0 Å². The molecule has 8 nitrogen and oxygen atoms in total. The highest BCUT2D eigenvalue weighted by Crippen LogP contribution is 2.35. The maximum atomic E-state index is 13.9. The Balaban J connectivity index is 1.71. The summed E-state index contributed by atoms with van der Waals surface area (Å²) >= 11 is 0. The highest BCUT2D eigenvalue weighted by Gasteiger charge is 2.38. The lowest BCUT2D eigenvalue weighted by Crippen LogP contribution is -2.55. The van der Waals surface area contributed by atoms with E-state index in [1.807, 2.05) is 9.91 Å². The molecular formula is C36H62N4O4. The maximum absolute atomic E-state index is 13.9. The minimum absolute atomic E-state index is 0.0367. The third-order valence-corrected chi connectivity index (χ3v) is 10.2. The van der Waals surface area contributed by atoms with Crippen molar-refractivity contribution in [3.8, 4) is 12.3 Å². The van der Waals surface area contributed by atoms with Gasteiger partial charge in [-0.3, -0.25) is 19.8 Å². The number of carbonyl (C=O) groups is 3. The summed E-state index contributed by atoms with van der Waals surface area (Å²) in [6, 6.07) is -0.423. The van der Waals surface area contributed by atoms with E-state index in [0.29, 0.717) is 31.7 Å². The molecule has 0 heterocycles. The van der Waals surface area contributed by atoms with Gasteiger partial charge in [0.25, 0.3) is 0 Å². The maximum Gasteiger partial charge on any atom is 0.237 e. The van der Waals surface area contributed by atoms with Gasteiger partial charge in [-0.15, -0.1) is 12.3 Å². The molecule has 8 heteroatoms. The van der Waals surface area contributed by atoms with Crippen molar-refractivity contribution >= 4 is 17.7 Å². The van der Waals surface area contributed by atoms with Crippen LogP contribution in [-0.2, 0) is 14.4 Å². The van der Waals surface area contributed by atoms with Crippen LogP contribution in [0, 0.1) is 41.9 Å². The molecule has 3 aliphatic carbocycles. The van der Waals surface area contributed by atoms with Crippen LogP contribution in [0.2, 0.25) is 0 Å². The third kappa shape index (κ3) is 11.4. The smallest absolute Gasteiger partial charge is 0.237 e. The van der Waals surface area contributed by atoms with Gasteiger partial charge >= 0.3 is 0 Å². The highest BCUT2D eigenvalue weighted by atomic mass is 16.3. The molecular weight excluding hydrogens is 552 g/mol. The summed E-state index contributed by atoms with van der Waals surface area (Å²) in [5.41, 5.74) is 3.11. The van der Waals surface area contributed by atoms with Crippen LogP contribution in [0.4, 0.5) is 0 Å². The number of nitrogens with one attached hydrogen (secondary N) is 2. The zero-order valence-corrected chi connectivity index (χ0v) is 28.0. The number of hydrogen-bond acceptors (Lipinski definition) is 5. The highest BCUT2D eigenvalue weighted by molar-refractivity contribution is 5.83. The molecule has 3 fully saturated rings. The van der Waals surface area contributed by atoms with E-state index in [1.54, 1.807) is 0 Å². The van der Waals surface area contributed by atoms with Gasteiger partial charge in [0, 0.05) is 49.9 Å². The summed E-state index contributed by atoms with van der Waals surface area (Å²) < 4.78 is 0. The largest absolute Gasteiger partial charge is 0.390 e. The van der Waals surface area contributed by atoms with Crippen LogP contribution >= 0.6 is 0 Å². The Bertz CT molecular complexity index is 918. The molecule has 3 rings (SSSR count). The Labute approximate surface area is 267 Å². The van der Waals surface area contributed by atoms with Crippen LogP contribution < -0.4 is 10.7 Å². The van der Waals surface area contributed by atoms with Crippen LogP contribution in [-0.4, -0.2) is 71.1 Å². The van der Waals surface area contributed by atoms with E-state index >= 15 is 0 Å². The van der Waals surface area contributed by atoms with E-state index in [4.69, 9.17) is 6.42 Å². The zero-order valence-electron chi connectivity index (χ0n) is 28.0. The SMILES string of the molecule is C#CC1CC(C(=O)NC(CC2CCCCC2)C(O)CN(CCC)NC(=O)C2CCCCC2)CC(C(=O)N(CCC)CCC)C1. The molecule has 5 atom stereocenters. The summed E-state index contributed by atoms with van der Waals surface area (Å²) in [5, 5.41) is 16.8. The second-order valence-corrected chi connectivity index (χ2v) is 14.0. The van der Waals surface area contributed by atoms with Gasteiger partial charge in [0.2, 0.25) is 17.7 Å². The van der Waals surface area contributed by atoms with Gasteiger partial charge in [0.05, 0.1) is 12.1 Å². The van der Waals surface area contributed by atoms with E-state index in [-0.39, 0.29) is 47.9 Å². The van der Waals surface area contributed by atoms with E-state index in [0.717, 1.165) is 77.3 Å². The lowest BCUT2D eigenvalue weighted by atomic mass is 9.74. The summed E-state index contributed by atoms with van der Waals surface area (Å²) in [6.45, 7) is 8.59. The number of aliphatic hydroxyl groups excluding tert-OH is 1. The number of amides is 3. The molecule has 0 bridgehead atoms. The molecule has 3 amide bonds. The number of rotatable bonds is 16. The first-order valence-corrected chi connectivity index (χ1v) is 18.1. The number of hydrazine groups is 1. The van der Waals surface area contributed by atoms with Crippen molar-refractivity contribution in [3.05, 3.63) is 0 Å². The van der Waals surface area contributed by atoms with Crippen molar-refractivity contribution in [2.45, 2.75) is 142 Å². The van der Waals surface area contributed by atoms with Crippen molar-refractivity contribution in [3.63, 3.8) is 0 Å². The van der Waals surface area contributed by atoms with Crippen LogP contribution in [0.3, 0.4) is 0 Å². The predicted molar refractivity (Wildman–Crippen MR) is 176 cm³/mol. The average Bonchev–Trinajstić information content (AvgIpc) is 3.04. The van der Waals surface area contributed by atoms with Crippen molar-refractivity contribution in [2.75, 3.05) is 26.2 Å². The molecule has 0 aliphatic heterocycles. The van der Waals surface area contributed by atoms with Gasteiger partial charge in [0.15, 0.2) is 0 Å². The van der Waals surface area contributed by atoms with Crippen LogP contribution in [0.25, 0.3) is 0 Å². The number of hydrogen-bond donors (Lipinski definition) is 3. The molecule has 0 radical (unpaired) electrons. The van der Waals surface area contributed by atoms with Crippen LogP contribution in [0.1, 0.15) is 130 Å². The second-order valence-electron chi connectivity index (χ2n) is 14.0. The predicted octanol–water partition coefficient (Wildman–Crippen LogP) is 5.44. The molecule has 0 spiro atoms. The minimum atomic E-state index is -0.826. The van der Waals surface area contributed by atoms with Crippen molar-refractivity contribution < 1.29 is 19.5 Å². The molecule has 0 aromatic rings. The fraction of sp³-hybridized carbons (Fsp3) is 0.861. The Kier molecular flexibility index (Phi) is 16.0. The number of carbonyl (C=O) groups excluding carboxylic acids is 3. The van der Waals surface area contributed by atoms with E-state index in [1.165, 1.54) is 25.7 Å². The number of nitrogens with zero attached hydrogens (tertiary/aromatic N) is 2. The van der Waals surface area contributed by atoms with Crippen molar-refractivity contribution in [2.24, 2.45) is 29.6 Å². The molecule has 0 aromatic heterocycles. The first kappa shape index (κ1) is 36.4. The molecule has 0 aromatic carbocycles. The van der Waals surface area contributed by atoms with Crippen LogP contribution in [0.15, 0.2) is 0 Å². The fourth-order valence-electron chi connectivity index (χ4n) is 7.82. The zero-order chi connectivity index (χ0) is 31.9. The van der Waals surface area contributed by atoms with Gasteiger partial charge in [-0.1, -0.05) is 72.1 Å². The van der Waals surface area contributed by atoms with Gasteiger partial charge in [-0.05, 0) is 63.7 Å². The molecule has 3 N–H and O–H groups in total. The standard InChI is InChI=1S/C36H62N4O4/c1-5-19-39(20-6-2)36(44)31-23-27(8-4)22-30(25-31)34(42)37-32(24-28-15-11-9-12-16-28)33(41)26-40(21-7-3)38-35(43)29-17-13-10-14-18-29/h4,27-33,41H,5-7,9-26H2,1-3H3,(H,37,42)(H,38,43). The quantitative estimate of drug-likeness (QED) is 0.159. The van der Waals surface area contributed by atoms with Crippen LogP contribution in [0.5, 0.6) is 0 Å². The molecule has 5 unspecified atom stereocenters. The third-order valence-electron chi connectivity index (χ3n) is 10.2. The first-order chi connectivity index (χ1) is 21.3. The average molecular weight is 615 g/mol. The van der Waals surface area contributed by atoms with Gasteiger partial charge < -0.3 is 15.3 Å². The Hall–Kier alpha value is -2.11. The van der Waals surface area contributed by atoms with E-state index in [2.05, 4.69) is 37.4 Å². The molecule has 3 saturated carbocycles. The summed E-state index contributed by atoms with van der Waals surface area (Å²) in [4.78, 5) is 42.4. The fourth-order valence-corrected chi connectivity index (χ4v) is 7.82. The summed E-state index contributed by atoms with van der Waals surface area (Å²) in [6.07, 6.45) is 21.2. The lowest BCUT2D eigenvalue weighted by molar-refractivity contribution is -0.139. The first-order valence-electron chi connectivity index (χ1n) is 18.1.